The monoisotopic (exact) mass is 837 g/mol. The highest BCUT2D eigenvalue weighted by Gasteiger charge is 2.58. The van der Waals surface area contributed by atoms with Crippen LogP contribution >= 0.6 is 0 Å². The first-order chi connectivity index (χ1) is 27.8. The minimum absolute atomic E-state index is 0.00583. The summed E-state index contributed by atoms with van der Waals surface area (Å²) in [6.45, 7) is 8.12. The van der Waals surface area contributed by atoms with Crippen molar-refractivity contribution in [1.29, 1.82) is 0 Å². The number of nitrogens with zero attached hydrogens (tertiary/aromatic N) is 1. The summed E-state index contributed by atoms with van der Waals surface area (Å²) < 4.78 is 103. The van der Waals surface area contributed by atoms with E-state index in [2.05, 4.69) is 20.8 Å². The third kappa shape index (κ3) is 8.11. The molecule has 0 spiro atoms. The second kappa shape index (κ2) is 16.0. The van der Waals surface area contributed by atoms with Gasteiger partial charge in [0.05, 0.1) is 48.0 Å². The molecule has 1 aliphatic carbocycles. The highest BCUT2D eigenvalue weighted by atomic mass is 28.4. The average Bonchev–Trinajstić information content (AvgIpc) is 3.89. The molecule has 0 bridgehead atoms. The summed E-state index contributed by atoms with van der Waals surface area (Å²) in [5.41, 5.74) is -1.56. The van der Waals surface area contributed by atoms with Gasteiger partial charge < -0.3 is 18.7 Å². The molecule has 2 saturated heterocycles. The van der Waals surface area contributed by atoms with E-state index in [0.29, 0.717) is 41.4 Å². The SMILES string of the molecule is C/C(=C\c1ccc(CO)o1)CC[C@H]1OC[C@H]2C1=C(CO[Si](c1ccccc1)(c1ccccc1)C(C)(C)C)C[C@H]1C(=O)N(c3cc(C(F)(F)F)cc(C(F)(F)F)c3)C(=O)[C@H]12. The van der Waals surface area contributed by atoms with Gasteiger partial charge in [0.1, 0.15) is 18.1 Å². The summed E-state index contributed by atoms with van der Waals surface area (Å²) >= 11 is 0. The number of hydrogen-bond donors (Lipinski definition) is 1. The predicted octanol–water partition coefficient (Wildman–Crippen LogP) is 9.09. The molecule has 7 rings (SSSR count). The lowest BCUT2D eigenvalue weighted by molar-refractivity contribution is -0.143. The van der Waals surface area contributed by atoms with Gasteiger partial charge in [-0.05, 0) is 89.2 Å². The number of halogens is 6. The van der Waals surface area contributed by atoms with Crippen molar-refractivity contribution in [2.75, 3.05) is 18.1 Å². The molecule has 3 heterocycles. The fraction of sp³-hybridized carbons (Fsp3) is 0.378. The fourth-order valence-electron chi connectivity index (χ4n) is 9.12. The van der Waals surface area contributed by atoms with E-state index in [4.69, 9.17) is 13.6 Å². The van der Waals surface area contributed by atoms with Gasteiger partial charge in [0.25, 0.3) is 8.32 Å². The van der Waals surface area contributed by atoms with Gasteiger partial charge in [-0.3, -0.25) is 9.59 Å². The molecule has 0 radical (unpaired) electrons. The molecule has 2 aliphatic heterocycles. The molecule has 2 fully saturated rings. The Morgan fingerprint density at radius 2 is 1.44 bits per heavy atom. The Labute approximate surface area is 339 Å². The van der Waals surface area contributed by atoms with Crippen LogP contribution in [0, 0.1) is 17.8 Å². The molecule has 4 atom stereocenters. The number of carbonyl (C=O) groups excluding carboxylic acids is 2. The Morgan fingerprint density at radius 3 is 1.97 bits per heavy atom. The van der Waals surface area contributed by atoms with Crippen LogP contribution < -0.4 is 15.3 Å². The zero-order valence-corrected chi connectivity index (χ0v) is 34.0. The van der Waals surface area contributed by atoms with Crippen LogP contribution in [0.4, 0.5) is 32.0 Å². The lowest BCUT2D eigenvalue weighted by Gasteiger charge is -2.44. The first kappa shape index (κ1) is 42.4. The topological polar surface area (TPSA) is 89.2 Å². The van der Waals surface area contributed by atoms with Crippen LogP contribution in [-0.2, 0) is 37.7 Å². The number of imide groups is 1. The maximum absolute atomic E-state index is 14.3. The van der Waals surface area contributed by atoms with Crippen molar-refractivity contribution in [2.24, 2.45) is 17.8 Å². The molecule has 1 N–H and O–H groups in total. The average molecular weight is 838 g/mol. The number of carbonyl (C=O) groups is 2. The summed E-state index contributed by atoms with van der Waals surface area (Å²) in [7, 11) is -3.15. The Balaban J connectivity index is 1.29. The lowest BCUT2D eigenvalue weighted by atomic mass is 9.69. The van der Waals surface area contributed by atoms with Crippen molar-refractivity contribution in [3.05, 3.63) is 130 Å². The van der Waals surface area contributed by atoms with E-state index in [1.807, 2.05) is 73.7 Å². The number of anilines is 1. The van der Waals surface area contributed by atoms with Crippen molar-refractivity contribution in [3.63, 3.8) is 0 Å². The van der Waals surface area contributed by atoms with Crippen molar-refractivity contribution in [3.8, 4) is 0 Å². The van der Waals surface area contributed by atoms with E-state index >= 15 is 0 Å². The minimum Gasteiger partial charge on any atom is -0.459 e. The molecule has 4 aromatic rings. The Hall–Kier alpha value is -4.76. The maximum Gasteiger partial charge on any atom is 0.416 e. The third-order valence-corrected chi connectivity index (χ3v) is 16.7. The van der Waals surface area contributed by atoms with E-state index in [1.54, 1.807) is 12.1 Å². The molecule has 0 unspecified atom stereocenters. The van der Waals surface area contributed by atoms with Gasteiger partial charge in [0.2, 0.25) is 11.8 Å². The summed E-state index contributed by atoms with van der Waals surface area (Å²) in [6.07, 6.45) is -8.00. The van der Waals surface area contributed by atoms with E-state index in [1.165, 1.54) is 0 Å². The van der Waals surface area contributed by atoms with Gasteiger partial charge in [0.15, 0.2) is 0 Å². The van der Waals surface area contributed by atoms with Gasteiger partial charge in [-0.15, -0.1) is 0 Å². The van der Waals surface area contributed by atoms with Crippen molar-refractivity contribution in [2.45, 2.75) is 77.1 Å². The molecule has 3 aliphatic rings. The zero-order chi connectivity index (χ0) is 42.5. The Bertz CT molecular complexity index is 2190. The molecule has 14 heteroatoms. The maximum atomic E-state index is 14.3. The third-order valence-electron chi connectivity index (χ3n) is 11.7. The molecular formula is C45H45F6NO6Si. The number of rotatable bonds is 11. The summed E-state index contributed by atoms with van der Waals surface area (Å²) in [5, 5.41) is 11.0. The molecular weight excluding hydrogens is 793 g/mol. The van der Waals surface area contributed by atoms with Gasteiger partial charge in [-0.1, -0.05) is 87.0 Å². The lowest BCUT2D eigenvalue weighted by Crippen LogP contribution is -2.66. The fourth-order valence-corrected chi connectivity index (χ4v) is 13.7. The number of fused-ring (bicyclic) bond motifs is 3. The summed E-state index contributed by atoms with van der Waals surface area (Å²) in [4.78, 5) is 29.2. The van der Waals surface area contributed by atoms with Crippen LogP contribution in [0.15, 0.2) is 112 Å². The van der Waals surface area contributed by atoms with Crippen molar-refractivity contribution in [1.82, 2.24) is 0 Å². The van der Waals surface area contributed by atoms with Crippen LogP contribution in [0.5, 0.6) is 0 Å². The van der Waals surface area contributed by atoms with Crippen molar-refractivity contribution < 1.29 is 54.6 Å². The predicted molar refractivity (Wildman–Crippen MR) is 212 cm³/mol. The summed E-state index contributed by atoms with van der Waals surface area (Å²) in [5.74, 6) is -3.55. The highest BCUT2D eigenvalue weighted by Crippen LogP contribution is 2.52. The molecule has 0 saturated carbocycles. The number of benzene rings is 3. The molecule has 1 aromatic heterocycles. The van der Waals surface area contributed by atoms with Gasteiger partial charge >= 0.3 is 12.4 Å². The molecule has 312 valence electrons. The smallest absolute Gasteiger partial charge is 0.416 e. The molecule has 2 amide bonds. The second-order valence-corrected chi connectivity index (χ2v) is 20.8. The largest absolute Gasteiger partial charge is 0.459 e. The van der Waals surface area contributed by atoms with E-state index < -0.39 is 78.2 Å². The van der Waals surface area contributed by atoms with Crippen LogP contribution in [0.3, 0.4) is 0 Å². The Morgan fingerprint density at radius 1 is 0.847 bits per heavy atom. The minimum atomic E-state index is -5.17. The standard InChI is InChI=1S/C45H45F6NO6Si/c1-27(19-32-16-17-33(24-53)58-32)15-18-38-39-28(25-57-59(43(2,3)4,34-11-7-5-8-12-34)35-13-9-6-10-14-35)20-36-40(37(39)26-56-38)42(55)52(41(36)54)31-22-29(44(46,47)48)21-30(23-31)45(49,50)51/h5-14,16-17,19,21-23,36-38,40,53H,15,18,20,24-26H2,1-4H3/b27-19+/t36-,37+,38-,40-/m1/s1. The first-order valence-electron chi connectivity index (χ1n) is 19.5. The van der Waals surface area contributed by atoms with Crippen LogP contribution in [0.1, 0.15) is 69.6 Å². The van der Waals surface area contributed by atoms with Crippen LogP contribution in [-0.4, -0.2) is 44.6 Å². The van der Waals surface area contributed by atoms with Gasteiger partial charge in [0, 0.05) is 5.92 Å². The molecule has 7 nitrogen and oxygen atoms in total. The number of ether oxygens (including phenoxy) is 1. The number of allylic oxidation sites excluding steroid dienone is 1. The number of hydrogen-bond acceptors (Lipinski definition) is 6. The molecule has 3 aromatic carbocycles. The number of aliphatic hydroxyl groups is 1. The van der Waals surface area contributed by atoms with E-state index in [9.17, 15) is 41.0 Å². The highest BCUT2D eigenvalue weighted by molar-refractivity contribution is 6.99. The van der Waals surface area contributed by atoms with Gasteiger partial charge in [-0.25, -0.2) is 4.90 Å². The number of furan rings is 1. The van der Waals surface area contributed by atoms with E-state index in [0.717, 1.165) is 27.1 Å². The Kier molecular flexibility index (Phi) is 11.5. The number of aliphatic hydroxyl groups excluding tert-OH is 1. The molecule has 59 heavy (non-hydrogen) atoms. The zero-order valence-electron chi connectivity index (χ0n) is 33.0. The first-order valence-corrected chi connectivity index (χ1v) is 21.4. The van der Waals surface area contributed by atoms with Crippen LogP contribution in [0.25, 0.3) is 6.08 Å². The van der Waals surface area contributed by atoms with E-state index in [-0.39, 0.29) is 32.3 Å². The number of amides is 2. The summed E-state index contributed by atoms with van der Waals surface area (Å²) in [6, 6.07) is 24.1. The normalized spacial score (nSPS) is 21.7. The van der Waals surface area contributed by atoms with Crippen molar-refractivity contribution >= 4 is 42.3 Å². The second-order valence-electron chi connectivity index (χ2n) is 16.5. The van der Waals surface area contributed by atoms with Crippen LogP contribution in [0.2, 0.25) is 5.04 Å². The number of alkyl halides is 6. The van der Waals surface area contributed by atoms with Gasteiger partial charge in [-0.2, -0.15) is 26.3 Å². The quantitative estimate of drug-likeness (QED) is 0.0703.